The third kappa shape index (κ3) is 6.18. The normalized spacial score (nSPS) is 18.4. The van der Waals surface area contributed by atoms with Crippen molar-refractivity contribution in [2.45, 2.75) is 33.0 Å². The Kier molecular flexibility index (Phi) is 7.91. The minimum Gasteiger partial charge on any atom is -0.493 e. The first-order valence-corrected chi connectivity index (χ1v) is 11.3. The maximum atomic E-state index is 12.3. The van der Waals surface area contributed by atoms with Gasteiger partial charge in [0.1, 0.15) is 4.99 Å². The largest absolute Gasteiger partial charge is 0.493 e. The van der Waals surface area contributed by atoms with E-state index in [9.17, 15) is 4.79 Å². The summed E-state index contributed by atoms with van der Waals surface area (Å²) in [4.78, 5) is 15.2. The second-order valence-electron chi connectivity index (χ2n) is 7.66. The van der Waals surface area contributed by atoms with Crippen molar-refractivity contribution in [1.82, 2.24) is 4.90 Å². The van der Waals surface area contributed by atoms with Gasteiger partial charge in [-0.15, -0.1) is 0 Å². The first-order chi connectivity index (χ1) is 14.8. The Labute approximate surface area is 197 Å². The van der Waals surface area contributed by atoms with Crippen LogP contribution in [-0.2, 0) is 9.53 Å². The van der Waals surface area contributed by atoms with Crippen LogP contribution in [0.1, 0.15) is 25.0 Å². The van der Waals surface area contributed by atoms with E-state index in [-0.39, 0.29) is 24.7 Å². The maximum absolute atomic E-state index is 12.3. The van der Waals surface area contributed by atoms with Crippen molar-refractivity contribution in [3.63, 3.8) is 0 Å². The van der Waals surface area contributed by atoms with Crippen LogP contribution in [0.2, 0.25) is 0 Å². The number of nitrogens with zero attached hydrogens (tertiary/aromatic N) is 1. The predicted molar refractivity (Wildman–Crippen MR) is 129 cm³/mol. The van der Waals surface area contributed by atoms with Gasteiger partial charge in [-0.05, 0) is 61.0 Å². The highest BCUT2D eigenvalue weighted by molar-refractivity contribution is 9.10. The van der Waals surface area contributed by atoms with Gasteiger partial charge in [0.05, 0.1) is 23.8 Å². The number of hydrogen-bond acceptors (Lipinski definition) is 5. The second kappa shape index (κ2) is 10.4. The van der Waals surface area contributed by atoms with Crippen LogP contribution in [0.15, 0.2) is 40.9 Å². The molecule has 1 aliphatic rings. The molecule has 166 valence electrons. The monoisotopic (exact) mass is 506 g/mol. The van der Waals surface area contributed by atoms with Crippen molar-refractivity contribution >= 4 is 44.7 Å². The van der Waals surface area contributed by atoms with Gasteiger partial charge in [0.15, 0.2) is 18.1 Å². The van der Waals surface area contributed by atoms with E-state index in [0.717, 1.165) is 34.9 Å². The van der Waals surface area contributed by atoms with Gasteiger partial charge < -0.3 is 24.4 Å². The molecule has 0 aliphatic carbocycles. The lowest BCUT2D eigenvalue weighted by Gasteiger charge is -2.37. The molecule has 0 spiro atoms. The average molecular weight is 507 g/mol. The summed E-state index contributed by atoms with van der Waals surface area (Å²) in [6, 6.07) is 11.3. The van der Waals surface area contributed by atoms with Crippen molar-refractivity contribution in [3.8, 4) is 11.5 Å². The van der Waals surface area contributed by atoms with Crippen LogP contribution < -0.4 is 14.8 Å². The number of morpholine rings is 1. The van der Waals surface area contributed by atoms with E-state index < -0.39 is 0 Å². The fourth-order valence-corrected chi connectivity index (χ4v) is 4.30. The fourth-order valence-electron chi connectivity index (χ4n) is 3.48. The highest BCUT2D eigenvalue weighted by Crippen LogP contribution is 2.37. The van der Waals surface area contributed by atoms with Gasteiger partial charge in [0.25, 0.3) is 5.91 Å². The van der Waals surface area contributed by atoms with E-state index in [1.807, 2.05) is 57.2 Å². The van der Waals surface area contributed by atoms with Gasteiger partial charge in [0.2, 0.25) is 0 Å². The smallest absolute Gasteiger partial charge is 0.262 e. The van der Waals surface area contributed by atoms with Gasteiger partial charge in [0, 0.05) is 24.3 Å². The standard InChI is InChI=1S/C23H27BrN2O4S/c1-14-5-7-18(8-6-14)25-21(27)13-29-22-19(24)9-17(10-20(22)28-4)23(31)26-11-15(2)30-16(3)12-26/h5-10,15-16H,11-13H2,1-4H3,(H,25,27)/t15-,16-/m1/s1. The molecule has 31 heavy (non-hydrogen) atoms. The van der Waals surface area contributed by atoms with E-state index in [1.165, 1.54) is 0 Å². The number of benzene rings is 2. The zero-order valence-corrected chi connectivity index (χ0v) is 20.5. The molecule has 1 heterocycles. The number of amides is 1. The number of carbonyl (C=O) groups is 1. The average Bonchev–Trinajstić information content (AvgIpc) is 2.72. The van der Waals surface area contributed by atoms with Crippen molar-refractivity contribution in [3.05, 3.63) is 52.0 Å². The molecule has 1 saturated heterocycles. The first-order valence-electron chi connectivity index (χ1n) is 10.1. The van der Waals surface area contributed by atoms with Crippen LogP contribution in [0.4, 0.5) is 5.69 Å². The Morgan fingerprint density at radius 1 is 1.23 bits per heavy atom. The van der Waals surface area contributed by atoms with E-state index in [4.69, 9.17) is 26.4 Å². The van der Waals surface area contributed by atoms with Crippen molar-refractivity contribution in [2.24, 2.45) is 0 Å². The quantitative estimate of drug-likeness (QED) is 0.579. The number of ether oxygens (including phenoxy) is 3. The minimum atomic E-state index is -0.256. The van der Waals surface area contributed by atoms with E-state index in [1.54, 1.807) is 7.11 Å². The third-order valence-electron chi connectivity index (χ3n) is 4.87. The van der Waals surface area contributed by atoms with Gasteiger partial charge in [-0.1, -0.05) is 29.9 Å². The lowest BCUT2D eigenvalue weighted by atomic mass is 10.1. The van der Waals surface area contributed by atoms with Crippen molar-refractivity contribution in [2.75, 3.05) is 32.1 Å². The summed E-state index contributed by atoms with van der Waals surface area (Å²) in [5, 5.41) is 2.82. The lowest BCUT2D eigenvalue weighted by Crippen LogP contribution is -2.47. The van der Waals surface area contributed by atoms with Crippen LogP contribution in [0.25, 0.3) is 0 Å². The van der Waals surface area contributed by atoms with Crippen molar-refractivity contribution < 1.29 is 19.0 Å². The molecular formula is C23H27BrN2O4S. The Morgan fingerprint density at radius 3 is 2.48 bits per heavy atom. The van der Waals surface area contributed by atoms with Gasteiger partial charge in [-0.3, -0.25) is 4.79 Å². The van der Waals surface area contributed by atoms with Crippen LogP contribution >= 0.6 is 28.1 Å². The number of thiocarbonyl (C=S) groups is 1. The van der Waals surface area contributed by atoms with Gasteiger partial charge >= 0.3 is 0 Å². The van der Waals surface area contributed by atoms with Crippen LogP contribution in [0.3, 0.4) is 0 Å². The summed E-state index contributed by atoms with van der Waals surface area (Å²) >= 11 is 9.27. The van der Waals surface area contributed by atoms with E-state index in [2.05, 4.69) is 26.1 Å². The summed E-state index contributed by atoms with van der Waals surface area (Å²) in [5.41, 5.74) is 2.69. The van der Waals surface area contributed by atoms with Crippen LogP contribution in [0, 0.1) is 6.92 Å². The number of hydrogen-bond donors (Lipinski definition) is 1. The topological polar surface area (TPSA) is 60.0 Å². The predicted octanol–water partition coefficient (Wildman–Crippen LogP) is 4.57. The molecule has 0 bridgehead atoms. The molecule has 2 aromatic rings. The Bertz CT molecular complexity index is 941. The Balaban J connectivity index is 1.69. The molecule has 2 atom stereocenters. The SMILES string of the molecule is COc1cc(C(=S)N2C[C@@H](C)O[C@H](C)C2)cc(Br)c1OCC(=O)Nc1ccc(C)cc1. The Hall–Kier alpha value is -2.16. The van der Waals surface area contributed by atoms with Gasteiger partial charge in [-0.2, -0.15) is 0 Å². The van der Waals surface area contributed by atoms with Crippen LogP contribution in [-0.4, -0.2) is 54.8 Å². The summed E-state index contributed by atoms with van der Waals surface area (Å²) < 4.78 is 17.8. The summed E-state index contributed by atoms with van der Waals surface area (Å²) in [6.45, 7) is 7.40. The molecule has 1 fully saturated rings. The molecule has 0 radical (unpaired) electrons. The molecule has 0 unspecified atom stereocenters. The van der Waals surface area contributed by atoms with E-state index >= 15 is 0 Å². The second-order valence-corrected chi connectivity index (χ2v) is 8.90. The van der Waals surface area contributed by atoms with E-state index in [0.29, 0.717) is 16.0 Å². The third-order valence-corrected chi connectivity index (χ3v) is 5.95. The van der Waals surface area contributed by atoms with Crippen molar-refractivity contribution in [1.29, 1.82) is 0 Å². The fraction of sp³-hybridized carbons (Fsp3) is 0.391. The molecule has 1 amide bonds. The lowest BCUT2D eigenvalue weighted by molar-refractivity contribution is -0.118. The molecule has 0 saturated carbocycles. The van der Waals surface area contributed by atoms with Crippen LogP contribution in [0.5, 0.6) is 11.5 Å². The summed E-state index contributed by atoms with van der Waals surface area (Å²) in [7, 11) is 1.56. The number of aryl methyl sites for hydroxylation is 1. The zero-order chi connectivity index (χ0) is 22.5. The molecule has 0 aromatic heterocycles. The minimum absolute atomic E-state index is 0.113. The number of halogens is 1. The Morgan fingerprint density at radius 2 is 1.87 bits per heavy atom. The number of carbonyl (C=O) groups excluding carboxylic acids is 1. The molecule has 3 rings (SSSR count). The maximum Gasteiger partial charge on any atom is 0.262 e. The highest BCUT2D eigenvalue weighted by Gasteiger charge is 2.25. The number of methoxy groups -OCH3 is 1. The molecular weight excluding hydrogens is 480 g/mol. The number of rotatable bonds is 6. The van der Waals surface area contributed by atoms with Gasteiger partial charge in [-0.25, -0.2) is 0 Å². The zero-order valence-electron chi connectivity index (χ0n) is 18.1. The first kappa shape index (κ1) is 23.5. The number of anilines is 1. The molecule has 1 N–H and O–H groups in total. The molecule has 8 heteroatoms. The molecule has 2 aromatic carbocycles. The summed E-state index contributed by atoms with van der Waals surface area (Å²) in [6.07, 6.45) is 0.225. The molecule has 6 nitrogen and oxygen atoms in total. The molecule has 1 aliphatic heterocycles. The summed E-state index contributed by atoms with van der Waals surface area (Å²) in [5.74, 6) is 0.703. The number of nitrogens with one attached hydrogen (secondary N) is 1. The highest BCUT2D eigenvalue weighted by atomic mass is 79.9.